The smallest absolute Gasteiger partial charge is 0.159 e. The van der Waals surface area contributed by atoms with Gasteiger partial charge in [0, 0.05) is 6.42 Å². The molecule has 0 N–H and O–H groups in total. The lowest BCUT2D eigenvalue weighted by Gasteiger charge is -1.96. The summed E-state index contributed by atoms with van der Waals surface area (Å²) in [4.78, 5) is 11.3. The molecule has 1 heteroatoms. The molecule has 0 saturated heterocycles. The number of carbonyl (C=O) groups is 1. The van der Waals surface area contributed by atoms with Crippen LogP contribution in [-0.2, 0) is 11.2 Å². The number of hydrogen-bond donors (Lipinski definition) is 0. The van der Waals surface area contributed by atoms with Crippen molar-refractivity contribution in [3.05, 3.63) is 60.2 Å². The van der Waals surface area contributed by atoms with Gasteiger partial charge in [-0.05, 0) is 31.4 Å². The Labute approximate surface area is 97.5 Å². The Morgan fingerprint density at radius 1 is 1.31 bits per heavy atom. The van der Waals surface area contributed by atoms with Crippen LogP contribution in [0.4, 0.5) is 0 Å². The van der Waals surface area contributed by atoms with E-state index in [1.165, 1.54) is 5.56 Å². The lowest BCUT2D eigenvalue weighted by molar-refractivity contribution is -0.114. The number of allylic oxidation sites excluding steroid dienone is 3. The summed E-state index contributed by atoms with van der Waals surface area (Å²) in [6.45, 7) is 5.59. The first-order chi connectivity index (χ1) is 7.68. The van der Waals surface area contributed by atoms with Gasteiger partial charge < -0.3 is 0 Å². The van der Waals surface area contributed by atoms with Gasteiger partial charge in [-0.3, -0.25) is 4.79 Å². The summed E-state index contributed by atoms with van der Waals surface area (Å²) in [5.41, 5.74) is 2.22. The zero-order valence-electron chi connectivity index (χ0n) is 9.78. The SMILES string of the molecule is C=C(C)CC(=O)/C=C/CCc1ccccc1. The highest BCUT2D eigenvalue weighted by molar-refractivity contribution is 5.91. The van der Waals surface area contributed by atoms with Crippen LogP contribution in [0.25, 0.3) is 0 Å². The summed E-state index contributed by atoms with van der Waals surface area (Å²) in [6.07, 6.45) is 5.96. The standard InChI is InChI=1S/C15H18O/c1-13(2)12-15(16)11-7-6-10-14-8-4-3-5-9-14/h3-5,7-9,11H,1,6,10,12H2,2H3/b11-7+. The molecule has 0 aliphatic heterocycles. The molecule has 1 aromatic rings. The molecule has 1 aromatic carbocycles. The summed E-state index contributed by atoms with van der Waals surface area (Å²) in [5, 5.41) is 0. The van der Waals surface area contributed by atoms with Crippen LogP contribution in [0.15, 0.2) is 54.6 Å². The molecular formula is C15H18O. The third kappa shape index (κ3) is 5.30. The van der Waals surface area contributed by atoms with Gasteiger partial charge in [-0.2, -0.15) is 0 Å². The maximum absolute atomic E-state index is 11.3. The predicted molar refractivity (Wildman–Crippen MR) is 68.3 cm³/mol. The molecule has 0 spiro atoms. The minimum absolute atomic E-state index is 0.139. The van der Waals surface area contributed by atoms with Crippen molar-refractivity contribution in [1.29, 1.82) is 0 Å². The third-order valence-electron chi connectivity index (χ3n) is 2.22. The molecular weight excluding hydrogens is 196 g/mol. The largest absolute Gasteiger partial charge is 0.295 e. The van der Waals surface area contributed by atoms with Gasteiger partial charge in [0.25, 0.3) is 0 Å². The number of aryl methyl sites for hydroxylation is 1. The maximum atomic E-state index is 11.3. The molecule has 1 rings (SSSR count). The van der Waals surface area contributed by atoms with Crippen molar-refractivity contribution in [2.75, 3.05) is 0 Å². The summed E-state index contributed by atoms with van der Waals surface area (Å²) in [5.74, 6) is 0.139. The summed E-state index contributed by atoms with van der Waals surface area (Å²) in [7, 11) is 0. The highest BCUT2D eigenvalue weighted by atomic mass is 16.1. The Hall–Kier alpha value is -1.63. The minimum Gasteiger partial charge on any atom is -0.295 e. The Balaban J connectivity index is 2.28. The summed E-state index contributed by atoms with van der Waals surface area (Å²) >= 11 is 0. The second-order valence-corrected chi connectivity index (χ2v) is 4.03. The van der Waals surface area contributed by atoms with E-state index in [1.54, 1.807) is 6.08 Å². The maximum Gasteiger partial charge on any atom is 0.159 e. The molecule has 0 radical (unpaired) electrons. The molecule has 0 fully saturated rings. The molecule has 0 amide bonds. The van der Waals surface area contributed by atoms with Gasteiger partial charge in [0.15, 0.2) is 5.78 Å². The molecule has 0 atom stereocenters. The zero-order valence-corrected chi connectivity index (χ0v) is 9.78. The first-order valence-electron chi connectivity index (χ1n) is 5.56. The molecule has 0 saturated carbocycles. The van der Waals surface area contributed by atoms with Gasteiger partial charge in [-0.1, -0.05) is 48.6 Å². The van der Waals surface area contributed by atoms with E-state index in [0.29, 0.717) is 6.42 Å². The van der Waals surface area contributed by atoms with Crippen molar-refractivity contribution in [3.8, 4) is 0 Å². The van der Waals surface area contributed by atoms with Gasteiger partial charge in [-0.15, -0.1) is 0 Å². The van der Waals surface area contributed by atoms with E-state index in [1.807, 2.05) is 31.2 Å². The van der Waals surface area contributed by atoms with Crippen LogP contribution in [0.2, 0.25) is 0 Å². The van der Waals surface area contributed by atoms with Gasteiger partial charge in [-0.25, -0.2) is 0 Å². The van der Waals surface area contributed by atoms with Crippen molar-refractivity contribution in [1.82, 2.24) is 0 Å². The molecule has 1 nitrogen and oxygen atoms in total. The van der Waals surface area contributed by atoms with Crippen molar-refractivity contribution >= 4 is 5.78 Å². The molecule has 0 aromatic heterocycles. The molecule has 0 aliphatic rings. The second kappa shape index (κ2) is 6.78. The van der Waals surface area contributed by atoms with Crippen molar-refractivity contribution < 1.29 is 4.79 Å². The Bertz CT molecular complexity index is 374. The lowest BCUT2D eigenvalue weighted by atomic mass is 10.1. The van der Waals surface area contributed by atoms with Crippen LogP contribution < -0.4 is 0 Å². The molecule has 0 heterocycles. The highest BCUT2D eigenvalue weighted by Gasteiger charge is 1.95. The monoisotopic (exact) mass is 214 g/mol. The number of ketones is 1. The normalized spacial score (nSPS) is 10.6. The summed E-state index contributed by atoms with van der Waals surface area (Å²) < 4.78 is 0. The first kappa shape index (κ1) is 12.4. The fourth-order valence-electron chi connectivity index (χ4n) is 1.47. The van der Waals surface area contributed by atoms with E-state index in [2.05, 4.69) is 18.7 Å². The van der Waals surface area contributed by atoms with E-state index in [4.69, 9.17) is 0 Å². The zero-order chi connectivity index (χ0) is 11.8. The van der Waals surface area contributed by atoms with Crippen LogP contribution >= 0.6 is 0 Å². The van der Waals surface area contributed by atoms with Crippen molar-refractivity contribution in [3.63, 3.8) is 0 Å². The average molecular weight is 214 g/mol. The number of hydrogen-bond acceptors (Lipinski definition) is 1. The van der Waals surface area contributed by atoms with Gasteiger partial charge in [0.2, 0.25) is 0 Å². The quantitative estimate of drug-likeness (QED) is 0.521. The van der Waals surface area contributed by atoms with Crippen LogP contribution in [0.3, 0.4) is 0 Å². The van der Waals surface area contributed by atoms with E-state index >= 15 is 0 Å². The number of benzene rings is 1. The predicted octanol–water partition coefficient (Wildman–Crippen LogP) is 3.71. The summed E-state index contributed by atoms with van der Waals surface area (Å²) in [6, 6.07) is 10.3. The van der Waals surface area contributed by atoms with E-state index in [0.717, 1.165) is 18.4 Å². The average Bonchev–Trinajstić information content (AvgIpc) is 2.25. The Morgan fingerprint density at radius 2 is 2.00 bits per heavy atom. The van der Waals surface area contributed by atoms with Crippen LogP contribution in [0, 0.1) is 0 Å². The number of carbonyl (C=O) groups excluding carboxylic acids is 1. The van der Waals surface area contributed by atoms with Crippen LogP contribution in [0.1, 0.15) is 25.3 Å². The van der Waals surface area contributed by atoms with Gasteiger partial charge in [0.05, 0.1) is 0 Å². The minimum atomic E-state index is 0.139. The van der Waals surface area contributed by atoms with Gasteiger partial charge in [0.1, 0.15) is 0 Å². The first-order valence-corrected chi connectivity index (χ1v) is 5.56. The van der Waals surface area contributed by atoms with Crippen LogP contribution in [-0.4, -0.2) is 5.78 Å². The van der Waals surface area contributed by atoms with E-state index in [-0.39, 0.29) is 5.78 Å². The Kier molecular flexibility index (Phi) is 5.27. The van der Waals surface area contributed by atoms with Crippen molar-refractivity contribution in [2.45, 2.75) is 26.2 Å². The van der Waals surface area contributed by atoms with E-state index in [9.17, 15) is 4.79 Å². The second-order valence-electron chi connectivity index (χ2n) is 4.03. The molecule has 0 unspecified atom stereocenters. The Morgan fingerprint density at radius 3 is 2.62 bits per heavy atom. The van der Waals surface area contributed by atoms with Crippen LogP contribution in [0.5, 0.6) is 0 Å². The van der Waals surface area contributed by atoms with Crippen molar-refractivity contribution in [2.24, 2.45) is 0 Å². The van der Waals surface area contributed by atoms with Gasteiger partial charge >= 0.3 is 0 Å². The molecule has 0 bridgehead atoms. The topological polar surface area (TPSA) is 17.1 Å². The number of rotatable bonds is 6. The molecule has 0 aliphatic carbocycles. The third-order valence-corrected chi connectivity index (χ3v) is 2.22. The fourth-order valence-corrected chi connectivity index (χ4v) is 1.47. The molecule has 16 heavy (non-hydrogen) atoms. The van der Waals surface area contributed by atoms with E-state index < -0.39 is 0 Å². The fraction of sp³-hybridized carbons (Fsp3) is 0.267. The highest BCUT2D eigenvalue weighted by Crippen LogP contribution is 2.03. The lowest BCUT2D eigenvalue weighted by Crippen LogP contribution is -1.92. The molecule has 84 valence electrons.